The molecular formula is C17H25NS. The first-order chi connectivity index (χ1) is 9.35. The molecule has 1 aromatic rings. The predicted octanol–water partition coefficient (Wildman–Crippen LogP) is 4.33. The fourth-order valence-corrected chi connectivity index (χ4v) is 4.01. The average molecular weight is 275 g/mol. The van der Waals surface area contributed by atoms with E-state index in [1.54, 1.807) is 5.56 Å². The van der Waals surface area contributed by atoms with Crippen LogP contribution in [-0.4, -0.2) is 17.5 Å². The summed E-state index contributed by atoms with van der Waals surface area (Å²) >= 11 is 2.05. The van der Waals surface area contributed by atoms with Crippen LogP contribution < -0.4 is 5.32 Å². The first kappa shape index (κ1) is 13.5. The lowest BCUT2D eigenvalue weighted by atomic mass is 9.94. The summed E-state index contributed by atoms with van der Waals surface area (Å²) in [5.41, 5.74) is 3.03. The number of hydrogen-bond donors (Lipinski definition) is 1. The quantitative estimate of drug-likeness (QED) is 0.858. The number of thioether (sulfide) groups is 1. The Morgan fingerprint density at radius 1 is 1.21 bits per heavy atom. The summed E-state index contributed by atoms with van der Waals surface area (Å²) in [6, 6.07) is 9.95. The van der Waals surface area contributed by atoms with Gasteiger partial charge in [0.25, 0.3) is 0 Å². The normalized spacial score (nSPS) is 27.4. The smallest absolute Gasteiger partial charge is 0.0208 e. The van der Waals surface area contributed by atoms with E-state index in [2.05, 4.69) is 35.8 Å². The van der Waals surface area contributed by atoms with Crippen molar-refractivity contribution >= 4 is 11.8 Å². The number of hydrogen-bond acceptors (Lipinski definition) is 2. The van der Waals surface area contributed by atoms with E-state index in [-0.39, 0.29) is 0 Å². The molecule has 1 aromatic carbocycles. The fraction of sp³-hybridized carbons (Fsp3) is 0.647. The molecule has 0 amide bonds. The molecule has 104 valence electrons. The van der Waals surface area contributed by atoms with Gasteiger partial charge in [-0.3, -0.25) is 0 Å². The van der Waals surface area contributed by atoms with Crippen molar-refractivity contribution in [2.45, 2.75) is 62.3 Å². The van der Waals surface area contributed by atoms with Crippen LogP contribution in [0, 0.1) is 0 Å². The minimum Gasteiger partial charge on any atom is -0.310 e. The zero-order valence-electron chi connectivity index (χ0n) is 11.9. The second-order valence-electron chi connectivity index (χ2n) is 6.12. The first-order valence-corrected chi connectivity index (χ1v) is 8.99. The monoisotopic (exact) mass is 275 g/mol. The van der Waals surface area contributed by atoms with Crippen molar-refractivity contribution in [3.8, 4) is 0 Å². The molecule has 0 bridgehead atoms. The summed E-state index contributed by atoms with van der Waals surface area (Å²) in [6.07, 6.45) is 10.6. The zero-order valence-corrected chi connectivity index (χ0v) is 12.7. The van der Waals surface area contributed by atoms with Crippen LogP contribution in [0.3, 0.4) is 0 Å². The largest absolute Gasteiger partial charge is 0.310 e. The van der Waals surface area contributed by atoms with Gasteiger partial charge in [0.05, 0.1) is 0 Å². The third-order valence-corrected chi connectivity index (χ3v) is 5.65. The predicted molar refractivity (Wildman–Crippen MR) is 84.8 cm³/mol. The lowest BCUT2D eigenvalue weighted by molar-refractivity contribution is 0.380. The molecule has 1 nitrogen and oxygen atoms in total. The average Bonchev–Trinajstić information content (AvgIpc) is 3.30. The molecule has 1 N–H and O–H groups in total. The maximum absolute atomic E-state index is 3.78. The summed E-state index contributed by atoms with van der Waals surface area (Å²) in [5, 5.41) is 4.65. The van der Waals surface area contributed by atoms with Crippen LogP contribution in [0.5, 0.6) is 0 Å². The van der Waals surface area contributed by atoms with Gasteiger partial charge in [-0.2, -0.15) is 11.8 Å². The molecule has 2 aliphatic rings. The van der Waals surface area contributed by atoms with Crippen LogP contribution in [0.2, 0.25) is 0 Å². The van der Waals surface area contributed by atoms with Gasteiger partial charge in [-0.1, -0.05) is 30.7 Å². The maximum Gasteiger partial charge on any atom is 0.0208 e. The van der Waals surface area contributed by atoms with E-state index < -0.39 is 0 Å². The number of benzene rings is 1. The minimum absolute atomic E-state index is 0.732. The molecule has 2 saturated carbocycles. The Morgan fingerprint density at radius 2 is 2.11 bits per heavy atom. The van der Waals surface area contributed by atoms with Crippen molar-refractivity contribution in [2.24, 2.45) is 0 Å². The third kappa shape index (κ3) is 3.76. The van der Waals surface area contributed by atoms with Crippen molar-refractivity contribution in [3.63, 3.8) is 0 Å². The van der Waals surface area contributed by atoms with Crippen LogP contribution in [-0.2, 0) is 6.54 Å². The molecule has 0 aromatic heterocycles. The Bertz CT molecular complexity index is 413. The molecule has 2 fully saturated rings. The molecule has 2 atom stereocenters. The molecule has 0 saturated heterocycles. The first-order valence-electron chi connectivity index (χ1n) is 7.70. The third-order valence-electron chi connectivity index (χ3n) is 4.55. The highest BCUT2D eigenvalue weighted by Crippen LogP contribution is 2.40. The maximum atomic E-state index is 3.78. The van der Waals surface area contributed by atoms with E-state index in [1.165, 1.54) is 44.1 Å². The Hall–Kier alpha value is -0.470. The van der Waals surface area contributed by atoms with Crippen LogP contribution in [0.25, 0.3) is 0 Å². The van der Waals surface area contributed by atoms with Gasteiger partial charge in [-0.25, -0.2) is 0 Å². The lowest BCUT2D eigenvalue weighted by Crippen LogP contribution is -2.34. The Morgan fingerprint density at radius 3 is 2.89 bits per heavy atom. The van der Waals surface area contributed by atoms with E-state index in [9.17, 15) is 0 Å². The van der Waals surface area contributed by atoms with E-state index in [4.69, 9.17) is 0 Å². The number of nitrogens with one attached hydrogen (secondary N) is 1. The molecule has 2 unspecified atom stereocenters. The van der Waals surface area contributed by atoms with Crippen molar-refractivity contribution in [3.05, 3.63) is 35.4 Å². The van der Waals surface area contributed by atoms with Crippen molar-refractivity contribution < 1.29 is 0 Å². The zero-order chi connectivity index (χ0) is 13.1. The van der Waals surface area contributed by atoms with E-state index >= 15 is 0 Å². The summed E-state index contributed by atoms with van der Waals surface area (Å²) in [5.74, 6) is 0.871. The number of rotatable bonds is 5. The van der Waals surface area contributed by atoms with Gasteiger partial charge in [-0.05, 0) is 55.4 Å². The molecule has 0 aliphatic heterocycles. The van der Waals surface area contributed by atoms with Gasteiger partial charge in [0, 0.05) is 17.8 Å². The Balaban J connectivity index is 1.52. The van der Waals surface area contributed by atoms with Gasteiger partial charge in [-0.15, -0.1) is 0 Å². The highest BCUT2D eigenvalue weighted by Gasteiger charge is 2.24. The Labute approximate surface area is 121 Å². The van der Waals surface area contributed by atoms with Gasteiger partial charge < -0.3 is 5.32 Å². The van der Waals surface area contributed by atoms with Crippen molar-refractivity contribution in [1.29, 1.82) is 0 Å². The minimum atomic E-state index is 0.732. The molecule has 3 rings (SSSR count). The summed E-state index contributed by atoms with van der Waals surface area (Å²) in [4.78, 5) is 0. The molecule has 0 radical (unpaired) electrons. The second-order valence-corrected chi connectivity index (χ2v) is 7.26. The fourth-order valence-electron chi connectivity index (χ4n) is 3.18. The molecule has 19 heavy (non-hydrogen) atoms. The summed E-state index contributed by atoms with van der Waals surface area (Å²) < 4.78 is 0. The Kier molecular flexibility index (Phi) is 4.49. The van der Waals surface area contributed by atoms with Gasteiger partial charge in [0.15, 0.2) is 0 Å². The van der Waals surface area contributed by atoms with E-state index in [0.717, 1.165) is 23.8 Å². The molecular weight excluding hydrogens is 250 g/mol. The summed E-state index contributed by atoms with van der Waals surface area (Å²) in [7, 11) is 0. The van der Waals surface area contributed by atoms with E-state index in [1.807, 2.05) is 11.8 Å². The lowest BCUT2D eigenvalue weighted by Gasteiger charge is -2.28. The summed E-state index contributed by atoms with van der Waals surface area (Å²) in [6.45, 7) is 1.05. The van der Waals surface area contributed by atoms with Crippen molar-refractivity contribution in [2.75, 3.05) is 6.26 Å². The highest BCUT2D eigenvalue weighted by atomic mass is 32.2. The molecule has 0 spiro atoms. The topological polar surface area (TPSA) is 12.0 Å². The SMILES string of the molecule is CSC1CCCC(NCc2cccc(C3CC3)c2)C1. The van der Waals surface area contributed by atoms with Gasteiger partial charge >= 0.3 is 0 Å². The van der Waals surface area contributed by atoms with Gasteiger partial charge in [0.2, 0.25) is 0 Å². The van der Waals surface area contributed by atoms with Crippen LogP contribution >= 0.6 is 11.8 Å². The molecule has 0 heterocycles. The van der Waals surface area contributed by atoms with E-state index in [0.29, 0.717) is 0 Å². The van der Waals surface area contributed by atoms with Crippen molar-refractivity contribution in [1.82, 2.24) is 5.32 Å². The molecule has 2 heteroatoms. The van der Waals surface area contributed by atoms with Gasteiger partial charge in [0.1, 0.15) is 0 Å². The van der Waals surface area contributed by atoms with Crippen LogP contribution in [0.15, 0.2) is 24.3 Å². The van der Waals surface area contributed by atoms with Crippen LogP contribution in [0.4, 0.5) is 0 Å². The standard InChI is InChI=1S/C17H25NS/c1-19-17-7-3-6-16(11-17)18-12-13-4-2-5-15(10-13)14-8-9-14/h2,4-5,10,14,16-18H,3,6-9,11-12H2,1H3. The highest BCUT2D eigenvalue weighted by molar-refractivity contribution is 7.99. The second kappa shape index (κ2) is 6.32. The van der Waals surface area contributed by atoms with Crippen LogP contribution in [0.1, 0.15) is 55.6 Å². The molecule has 2 aliphatic carbocycles.